The zero-order chi connectivity index (χ0) is 33.1. The van der Waals surface area contributed by atoms with Crippen molar-refractivity contribution < 1.29 is 24.2 Å². The number of hydrogen-bond donors (Lipinski definition) is 2. The van der Waals surface area contributed by atoms with Crippen molar-refractivity contribution in [2.24, 2.45) is 0 Å². The van der Waals surface area contributed by atoms with Gasteiger partial charge in [0, 0.05) is 12.8 Å². The Balaban J connectivity index is 4.13. The van der Waals surface area contributed by atoms with Gasteiger partial charge in [0.2, 0.25) is 5.91 Å². The number of ether oxygens (including phenoxy) is 1. The highest BCUT2D eigenvalue weighted by Gasteiger charge is 2.14. The molecular formula is C39H75NO5. The Morgan fingerprint density at radius 3 is 1.20 bits per heavy atom. The Hall–Kier alpha value is -1.59. The lowest BCUT2D eigenvalue weighted by atomic mass is 10.0. The number of carbonyl (C=O) groups excluding carboxylic acids is 2. The lowest BCUT2D eigenvalue weighted by Gasteiger charge is -2.18. The molecule has 0 aliphatic heterocycles. The van der Waals surface area contributed by atoms with Gasteiger partial charge in [0.25, 0.3) is 0 Å². The molecule has 1 unspecified atom stereocenters. The average molecular weight is 638 g/mol. The lowest BCUT2D eigenvalue weighted by Crippen LogP contribution is -2.28. The quantitative estimate of drug-likeness (QED) is 0.0526. The monoisotopic (exact) mass is 638 g/mol. The molecule has 45 heavy (non-hydrogen) atoms. The highest BCUT2D eigenvalue weighted by molar-refractivity contribution is 5.80. The summed E-state index contributed by atoms with van der Waals surface area (Å²) in [4.78, 5) is 34.8. The van der Waals surface area contributed by atoms with Gasteiger partial charge in [-0.05, 0) is 38.5 Å². The smallest absolute Gasteiger partial charge is 0.322 e. The van der Waals surface area contributed by atoms with Gasteiger partial charge in [-0.2, -0.15) is 0 Å². The molecule has 0 aliphatic rings. The molecule has 0 spiro atoms. The highest BCUT2D eigenvalue weighted by atomic mass is 16.5. The predicted molar refractivity (Wildman–Crippen MR) is 190 cm³/mol. The summed E-state index contributed by atoms with van der Waals surface area (Å²) < 4.78 is 6.00. The summed E-state index contributed by atoms with van der Waals surface area (Å²) in [6, 6.07) is 0. The van der Waals surface area contributed by atoms with E-state index in [0.717, 1.165) is 64.2 Å². The van der Waals surface area contributed by atoms with E-state index in [0.29, 0.717) is 12.8 Å². The van der Waals surface area contributed by atoms with Crippen molar-refractivity contribution in [3.8, 4) is 0 Å². The number of rotatable bonds is 36. The summed E-state index contributed by atoms with van der Waals surface area (Å²) in [6.45, 7) is 4.22. The summed E-state index contributed by atoms with van der Waals surface area (Å²) in [5, 5.41) is 11.1. The van der Waals surface area contributed by atoms with Crippen molar-refractivity contribution in [2.45, 2.75) is 225 Å². The van der Waals surface area contributed by atoms with Gasteiger partial charge in [-0.25, -0.2) is 0 Å². The zero-order valence-corrected chi connectivity index (χ0v) is 30.0. The van der Waals surface area contributed by atoms with Gasteiger partial charge < -0.3 is 15.2 Å². The Morgan fingerprint density at radius 1 is 0.489 bits per heavy atom. The fourth-order valence-corrected chi connectivity index (χ4v) is 6.10. The van der Waals surface area contributed by atoms with E-state index in [4.69, 9.17) is 9.84 Å². The van der Waals surface area contributed by atoms with Crippen LogP contribution >= 0.6 is 0 Å². The molecule has 0 rings (SSSR count). The van der Waals surface area contributed by atoms with Crippen molar-refractivity contribution in [2.75, 3.05) is 6.54 Å². The first-order valence-corrected chi connectivity index (χ1v) is 19.7. The molecule has 0 fully saturated rings. The molecule has 0 saturated heterocycles. The van der Waals surface area contributed by atoms with Crippen LogP contribution in [0.4, 0.5) is 0 Å². The van der Waals surface area contributed by atoms with Crippen molar-refractivity contribution in [1.82, 2.24) is 5.32 Å². The lowest BCUT2D eigenvalue weighted by molar-refractivity contribution is -0.150. The van der Waals surface area contributed by atoms with Crippen molar-refractivity contribution in [3.05, 3.63) is 0 Å². The first-order chi connectivity index (χ1) is 22.0. The minimum atomic E-state index is -1.01. The van der Waals surface area contributed by atoms with Crippen LogP contribution in [-0.2, 0) is 19.1 Å². The van der Waals surface area contributed by atoms with Crippen LogP contribution in [0.15, 0.2) is 0 Å². The van der Waals surface area contributed by atoms with E-state index < -0.39 is 5.97 Å². The van der Waals surface area contributed by atoms with Gasteiger partial charge in [-0.15, -0.1) is 0 Å². The number of esters is 1. The second-order valence-corrected chi connectivity index (χ2v) is 13.6. The van der Waals surface area contributed by atoms with Crippen LogP contribution in [0.5, 0.6) is 0 Å². The standard InChI is InChI=1S/C39H75NO5/c1-3-5-7-9-11-13-14-15-16-17-19-20-23-27-31-36(32-28-24-22-25-29-33-37(41)40-35-38(42)43)45-39(44)34-30-26-21-18-12-10-8-6-4-2/h36H,3-35H2,1-2H3,(H,40,41)(H,42,43). The molecule has 266 valence electrons. The zero-order valence-electron chi connectivity index (χ0n) is 30.0. The minimum absolute atomic E-state index is 0.0133. The Labute approximate surface area is 279 Å². The minimum Gasteiger partial charge on any atom is -0.480 e. The molecule has 6 heteroatoms. The Kier molecular flexibility index (Phi) is 34.0. The van der Waals surface area contributed by atoms with Crippen LogP contribution < -0.4 is 5.32 Å². The summed E-state index contributed by atoms with van der Waals surface area (Å²) in [7, 11) is 0. The normalized spacial score (nSPS) is 11.9. The average Bonchev–Trinajstić information content (AvgIpc) is 3.02. The van der Waals surface area contributed by atoms with Gasteiger partial charge in [-0.3, -0.25) is 14.4 Å². The number of carboxylic acids is 1. The fourth-order valence-electron chi connectivity index (χ4n) is 6.10. The molecule has 0 heterocycles. The molecule has 0 aromatic rings. The first-order valence-electron chi connectivity index (χ1n) is 19.7. The van der Waals surface area contributed by atoms with E-state index in [1.54, 1.807) is 0 Å². The third-order valence-electron chi connectivity index (χ3n) is 9.03. The number of hydrogen-bond acceptors (Lipinski definition) is 4. The number of carbonyl (C=O) groups is 3. The fraction of sp³-hybridized carbons (Fsp3) is 0.923. The van der Waals surface area contributed by atoms with Crippen molar-refractivity contribution >= 4 is 17.8 Å². The topological polar surface area (TPSA) is 92.7 Å². The van der Waals surface area contributed by atoms with Gasteiger partial charge in [0.05, 0.1) is 0 Å². The van der Waals surface area contributed by atoms with Crippen LogP contribution in [0, 0.1) is 0 Å². The van der Waals surface area contributed by atoms with E-state index >= 15 is 0 Å². The second kappa shape index (κ2) is 35.3. The third-order valence-corrected chi connectivity index (χ3v) is 9.03. The Morgan fingerprint density at radius 2 is 0.822 bits per heavy atom. The van der Waals surface area contributed by atoms with Gasteiger partial charge in [0.15, 0.2) is 0 Å². The summed E-state index contributed by atoms with van der Waals surface area (Å²) in [5.74, 6) is -1.22. The van der Waals surface area contributed by atoms with E-state index in [1.807, 2.05) is 0 Å². The number of carboxylic acid groups (broad SMARTS) is 1. The first kappa shape index (κ1) is 43.4. The maximum atomic E-state index is 12.6. The maximum absolute atomic E-state index is 12.6. The molecule has 0 radical (unpaired) electrons. The number of unbranched alkanes of at least 4 members (excludes halogenated alkanes) is 25. The Bertz CT molecular complexity index is 668. The van der Waals surface area contributed by atoms with E-state index in [1.165, 1.54) is 128 Å². The molecule has 2 N–H and O–H groups in total. The molecule has 0 saturated carbocycles. The molecule has 0 aromatic heterocycles. The van der Waals surface area contributed by atoms with Crippen LogP contribution in [0.25, 0.3) is 0 Å². The maximum Gasteiger partial charge on any atom is 0.322 e. The van der Waals surface area contributed by atoms with E-state index in [9.17, 15) is 14.4 Å². The summed E-state index contributed by atoms with van der Waals surface area (Å²) in [5.41, 5.74) is 0. The van der Waals surface area contributed by atoms with Gasteiger partial charge in [-0.1, -0.05) is 168 Å². The van der Waals surface area contributed by atoms with Gasteiger partial charge >= 0.3 is 11.9 Å². The molecule has 1 amide bonds. The SMILES string of the molecule is CCCCCCCCCCCCCCCCC(CCCCCCCC(=O)NCC(=O)O)OC(=O)CCCCCCCCCCC. The third kappa shape index (κ3) is 35.1. The molecule has 0 aliphatic carbocycles. The molecular weight excluding hydrogens is 562 g/mol. The molecule has 0 bridgehead atoms. The van der Waals surface area contributed by atoms with Crippen molar-refractivity contribution in [1.29, 1.82) is 0 Å². The van der Waals surface area contributed by atoms with Crippen LogP contribution in [-0.4, -0.2) is 35.6 Å². The van der Waals surface area contributed by atoms with Gasteiger partial charge in [0.1, 0.15) is 12.6 Å². The summed E-state index contributed by atoms with van der Waals surface area (Å²) >= 11 is 0. The van der Waals surface area contributed by atoms with E-state index in [2.05, 4.69) is 19.2 Å². The van der Waals surface area contributed by atoms with Crippen molar-refractivity contribution in [3.63, 3.8) is 0 Å². The van der Waals surface area contributed by atoms with Crippen LogP contribution in [0.1, 0.15) is 219 Å². The van der Waals surface area contributed by atoms with Crippen LogP contribution in [0.3, 0.4) is 0 Å². The molecule has 1 atom stereocenters. The molecule has 0 aromatic carbocycles. The largest absolute Gasteiger partial charge is 0.480 e. The predicted octanol–water partition coefficient (Wildman–Crippen LogP) is 11.6. The number of aliphatic carboxylic acids is 1. The second-order valence-electron chi connectivity index (χ2n) is 13.6. The highest BCUT2D eigenvalue weighted by Crippen LogP contribution is 2.19. The number of nitrogens with one attached hydrogen (secondary N) is 1. The van der Waals surface area contributed by atoms with E-state index in [-0.39, 0.29) is 24.5 Å². The molecule has 6 nitrogen and oxygen atoms in total. The number of amides is 1. The van der Waals surface area contributed by atoms with Crippen LogP contribution in [0.2, 0.25) is 0 Å². The summed E-state index contributed by atoms with van der Waals surface area (Å²) in [6.07, 6.45) is 37.9.